The van der Waals surface area contributed by atoms with Crippen molar-refractivity contribution in [3.05, 3.63) is 24.3 Å². The lowest BCUT2D eigenvalue weighted by molar-refractivity contribution is -0.140. The number of nitrogens with zero attached hydrogens (tertiary/aromatic N) is 4. The lowest BCUT2D eigenvalue weighted by Gasteiger charge is -2.31. The average molecular weight is 576 g/mol. The molecule has 1 saturated carbocycles. The van der Waals surface area contributed by atoms with Crippen molar-refractivity contribution < 1.29 is 28.8 Å². The number of Topliss-reactive ketones (excluding diaryl/α,β-unsaturated/α-hetero) is 1. The quantitative estimate of drug-likeness (QED) is 0.204. The van der Waals surface area contributed by atoms with Gasteiger partial charge in [0.05, 0.1) is 19.3 Å². The fraction of sp³-hybridized carbons (Fsp3) is 0.615. The summed E-state index contributed by atoms with van der Waals surface area (Å²) in [6.45, 7) is 5.65. The second kappa shape index (κ2) is 14.8. The van der Waals surface area contributed by atoms with Crippen molar-refractivity contribution in [2.45, 2.75) is 71.0 Å². The molecule has 1 saturated heterocycles. The van der Waals surface area contributed by atoms with E-state index in [0.717, 1.165) is 24.8 Å². The first kappa shape index (κ1) is 31.1. The summed E-state index contributed by atoms with van der Waals surface area (Å²) in [5.74, 6) is -2.98. The van der Waals surface area contributed by atoms with Gasteiger partial charge in [-0.2, -0.15) is 0 Å². The summed E-state index contributed by atoms with van der Waals surface area (Å²) < 4.78 is 1.52. The predicted molar refractivity (Wildman–Crippen MR) is 147 cm³/mol. The Morgan fingerprint density at radius 2 is 1.88 bits per heavy atom. The summed E-state index contributed by atoms with van der Waals surface area (Å²) in [6, 6.07) is -1.55. The van der Waals surface area contributed by atoms with Crippen molar-refractivity contribution >= 4 is 46.5 Å². The van der Waals surface area contributed by atoms with Gasteiger partial charge in [-0.3, -0.25) is 33.8 Å². The molecule has 0 radical (unpaired) electrons. The number of rotatable bonds is 14. The van der Waals surface area contributed by atoms with E-state index in [1.807, 2.05) is 13.8 Å². The molecule has 4 amide bonds. The minimum Gasteiger partial charge on any atom is -0.347 e. The number of aromatic nitrogens is 2. The highest BCUT2D eigenvalue weighted by Crippen LogP contribution is 2.26. The van der Waals surface area contributed by atoms with Crippen LogP contribution >= 0.6 is 11.9 Å². The van der Waals surface area contributed by atoms with Gasteiger partial charge in [0.1, 0.15) is 17.8 Å². The Morgan fingerprint density at radius 3 is 2.50 bits per heavy atom. The Labute approximate surface area is 237 Å². The number of hydrogen-bond donors (Lipinski definition) is 3. The smallest absolute Gasteiger partial charge is 0.289 e. The molecule has 1 aliphatic carbocycles. The molecule has 2 aliphatic rings. The molecule has 3 atom stereocenters. The molecule has 40 heavy (non-hydrogen) atoms. The van der Waals surface area contributed by atoms with E-state index in [-0.39, 0.29) is 41.8 Å². The van der Waals surface area contributed by atoms with Gasteiger partial charge in [-0.05, 0) is 43.5 Å². The van der Waals surface area contributed by atoms with E-state index in [1.165, 1.54) is 27.8 Å². The Morgan fingerprint density at radius 1 is 1.12 bits per heavy atom. The molecule has 3 N–H and O–H groups in total. The van der Waals surface area contributed by atoms with Gasteiger partial charge in [0.25, 0.3) is 11.8 Å². The van der Waals surface area contributed by atoms with E-state index in [1.54, 1.807) is 6.92 Å². The second-order valence-electron chi connectivity index (χ2n) is 9.93. The molecule has 0 spiro atoms. The Kier molecular flexibility index (Phi) is 11.6. The van der Waals surface area contributed by atoms with Gasteiger partial charge >= 0.3 is 0 Å². The maximum Gasteiger partial charge on any atom is 0.289 e. The van der Waals surface area contributed by atoms with Crippen molar-refractivity contribution in [1.82, 2.24) is 35.1 Å². The van der Waals surface area contributed by atoms with E-state index in [0.29, 0.717) is 32.4 Å². The zero-order valence-electron chi connectivity index (χ0n) is 23.1. The first-order valence-corrected chi connectivity index (χ1v) is 14.4. The third kappa shape index (κ3) is 8.81. The molecule has 218 valence electrons. The highest BCUT2D eigenvalue weighted by atomic mass is 32.2. The first-order valence-electron chi connectivity index (χ1n) is 13.6. The third-order valence-corrected chi connectivity index (χ3v) is 7.96. The Hall–Kier alpha value is -3.39. The summed E-state index contributed by atoms with van der Waals surface area (Å²) in [7, 11) is 0. The van der Waals surface area contributed by atoms with E-state index in [9.17, 15) is 28.8 Å². The highest BCUT2D eigenvalue weighted by Gasteiger charge is 2.40. The van der Waals surface area contributed by atoms with Gasteiger partial charge in [0, 0.05) is 31.5 Å². The maximum absolute atomic E-state index is 13.6. The molecule has 0 bridgehead atoms. The first-order chi connectivity index (χ1) is 19.1. The number of likely N-dealkylation sites (tertiary alicyclic amines) is 1. The van der Waals surface area contributed by atoms with E-state index < -0.39 is 35.6 Å². The fourth-order valence-electron chi connectivity index (χ4n) is 4.15. The van der Waals surface area contributed by atoms with Crippen LogP contribution in [0.25, 0.3) is 0 Å². The van der Waals surface area contributed by atoms with Crippen molar-refractivity contribution in [1.29, 1.82) is 0 Å². The molecule has 1 aromatic rings. The highest BCUT2D eigenvalue weighted by molar-refractivity contribution is 8.11. The van der Waals surface area contributed by atoms with Crippen molar-refractivity contribution in [2.75, 3.05) is 26.2 Å². The molecule has 14 heteroatoms. The van der Waals surface area contributed by atoms with Crippen molar-refractivity contribution in [3.8, 4) is 0 Å². The molecular formula is C26H37N7O6S. The molecule has 2 fully saturated rings. The summed E-state index contributed by atoms with van der Waals surface area (Å²) in [5, 5.41) is 7.55. The van der Waals surface area contributed by atoms with E-state index >= 15 is 0 Å². The lowest BCUT2D eigenvalue weighted by atomic mass is 9.97. The number of carbonyl (C=O) groups excluding carboxylic acids is 6. The van der Waals surface area contributed by atoms with Crippen LogP contribution in [0.4, 0.5) is 0 Å². The topological polar surface area (TPSA) is 171 Å². The predicted octanol–water partition coefficient (Wildman–Crippen LogP) is 0.0727. The van der Waals surface area contributed by atoms with Crippen molar-refractivity contribution in [2.24, 2.45) is 5.92 Å². The molecule has 2 heterocycles. The van der Waals surface area contributed by atoms with Gasteiger partial charge < -0.3 is 20.9 Å². The number of hydrogen-bond acceptors (Lipinski definition) is 10. The lowest BCUT2D eigenvalue weighted by Crippen LogP contribution is -2.55. The largest absolute Gasteiger partial charge is 0.347 e. The molecule has 1 aromatic heterocycles. The molecule has 3 unspecified atom stereocenters. The van der Waals surface area contributed by atoms with E-state index in [4.69, 9.17) is 0 Å². The van der Waals surface area contributed by atoms with E-state index in [2.05, 4.69) is 25.9 Å². The minimum atomic E-state index is -0.890. The number of amides is 4. The fourth-order valence-corrected chi connectivity index (χ4v) is 5.08. The van der Waals surface area contributed by atoms with Crippen LogP contribution in [0.3, 0.4) is 0 Å². The Bertz CT molecular complexity index is 1100. The van der Waals surface area contributed by atoms with Crippen molar-refractivity contribution in [3.63, 3.8) is 0 Å². The molecular weight excluding hydrogens is 538 g/mol. The molecule has 1 aliphatic heterocycles. The Balaban J connectivity index is 1.58. The van der Waals surface area contributed by atoms with Crippen LogP contribution in [0.15, 0.2) is 18.6 Å². The number of likely N-dealkylation sites (N-methyl/N-ethyl adjacent to an activating group) is 1. The minimum absolute atomic E-state index is 0.0622. The standard InChI is InChI=1S/C26H37N7O6S/c1-4-16(3)22(31-21(35)14-29-23(36)18-13-27-10-11-28-18)25(38)33-12-6-7-19(33)26(39)40-32(5-2)15-20(34)24(37)30-17-8-9-17/h10-11,13,16-17,19,22H,4-9,12,14-15H2,1-3H3,(H,29,36)(H,30,37)(H,31,35). The van der Waals surface area contributed by atoms with Gasteiger partial charge in [-0.25, -0.2) is 9.29 Å². The van der Waals surface area contributed by atoms with Crippen LogP contribution < -0.4 is 16.0 Å². The maximum atomic E-state index is 13.6. The van der Waals surface area contributed by atoms with Gasteiger partial charge in [0.2, 0.25) is 22.7 Å². The van der Waals surface area contributed by atoms with Crippen LogP contribution in [0.1, 0.15) is 63.4 Å². The average Bonchev–Trinajstić information content (AvgIpc) is 3.64. The van der Waals surface area contributed by atoms with Crippen LogP contribution in [0, 0.1) is 5.92 Å². The number of nitrogens with one attached hydrogen (secondary N) is 3. The SMILES string of the molecule is CCC(C)C(NC(=O)CNC(=O)c1cnccn1)C(=O)N1CCCC1C(=O)SN(CC)CC(=O)C(=O)NC1CC1. The zero-order chi connectivity index (χ0) is 29.2. The number of ketones is 1. The normalized spacial score (nSPS) is 18.1. The molecule has 13 nitrogen and oxygen atoms in total. The van der Waals surface area contributed by atoms with Gasteiger partial charge in [0.15, 0.2) is 0 Å². The summed E-state index contributed by atoms with van der Waals surface area (Å²) in [6.07, 6.45) is 7.47. The summed E-state index contributed by atoms with van der Waals surface area (Å²) >= 11 is 0.846. The molecule has 3 rings (SSSR count). The summed E-state index contributed by atoms with van der Waals surface area (Å²) in [5.41, 5.74) is 0.0622. The van der Waals surface area contributed by atoms with Gasteiger partial charge in [-0.1, -0.05) is 27.2 Å². The number of carbonyl (C=O) groups is 6. The van der Waals surface area contributed by atoms with Crippen LogP contribution in [0.5, 0.6) is 0 Å². The summed E-state index contributed by atoms with van der Waals surface area (Å²) in [4.78, 5) is 85.3. The molecule has 0 aromatic carbocycles. The monoisotopic (exact) mass is 575 g/mol. The third-order valence-electron chi connectivity index (χ3n) is 6.87. The van der Waals surface area contributed by atoms with Gasteiger partial charge in [-0.15, -0.1) is 0 Å². The second-order valence-corrected chi connectivity index (χ2v) is 11.0. The van der Waals surface area contributed by atoms with Crippen LogP contribution in [-0.2, 0) is 24.0 Å². The van der Waals surface area contributed by atoms with Crippen LogP contribution in [-0.4, -0.2) is 98.0 Å². The van der Waals surface area contributed by atoms with Crippen LogP contribution in [0.2, 0.25) is 0 Å². The zero-order valence-corrected chi connectivity index (χ0v) is 23.9.